The second-order valence-corrected chi connectivity index (χ2v) is 4.45. The Bertz CT molecular complexity index is 463. The normalized spacial score (nSPS) is 11.8. The molecule has 1 rings (SSSR count). The first kappa shape index (κ1) is 16.1. The highest BCUT2D eigenvalue weighted by Crippen LogP contribution is 2.39. The maximum Gasteiger partial charge on any atom is 0.218 e. The number of ether oxygens (including phenoxy) is 3. The molecule has 1 amide bonds. The zero-order chi connectivity index (χ0) is 15.1. The van der Waals surface area contributed by atoms with E-state index in [0.717, 1.165) is 5.56 Å². The highest BCUT2D eigenvalue weighted by molar-refractivity contribution is 5.74. The summed E-state index contributed by atoms with van der Waals surface area (Å²) in [7, 11) is 4.71. The minimum Gasteiger partial charge on any atom is -0.493 e. The topological polar surface area (TPSA) is 82.8 Å². The van der Waals surface area contributed by atoms with Crippen LogP contribution in [-0.4, -0.2) is 33.3 Å². The average molecular weight is 282 g/mol. The maximum atomic E-state index is 10.8. The van der Waals surface area contributed by atoms with Gasteiger partial charge in [-0.1, -0.05) is 6.07 Å². The van der Waals surface area contributed by atoms with Gasteiger partial charge in [0.15, 0.2) is 11.5 Å². The molecule has 0 aliphatic carbocycles. The molecule has 0 radical (unpaired) electrons. The van der Waals surface area contributed by atoms with Crippen molar-refractivity contribution in [3.8, 4) is 17.2 Å². The summed E-state index contributed by atoms with van der Waals surface area (Å²) in [6, 6.07) is 3.70. The van der Waals surface area contributed by atoms with E-state index in [1.54, 1.807) is 21.3 Å². The first-order valence-electron chi connectivity index (χ1n) is 6.33. The lowest BCUT2D eigenvalue weighted by Gasteiger charge is -2.17. The highest BCUT2D eigenvalue weighted by atomic mass is 16.5. The van der Waals surface area contributed by atoms with Gasteiger partial charge in [0.2, 0.25) is 11.7 Å². The van der Waals surface area contributed by atoms with E-state index in [2.05, 4.69) is 5.32 Å². The number of rotatable bonds is 8. The summed E-state index contributed by atoms with van der Waals surface area (Å²) >= 11 is 0. The van der Waals surface area contributed by atoms with Crippen molar-refractivity contribution < 1.29 is 19.0 Å². The number of primary amides is 1. The first-order valence-corrected chi connectivity index (χ1v) is 6.33. The van der Waals surface area contributed by atoms with E-state index < -0.39 is 0 Å². The Morgan fingerprint density at radius 1 is 1.20 bits per heavy atom. The summed E-state index contributed by atoms with van der Waals surface area (Å²) in [5.74, 6) is 1.45. The lowest BCUT2D eigenvalue weighted by molar-refractivity contribution is -0.118. The molecule has 0 bridgehead atoms. The minimum atomic E-state index is -0.329. The predicted molar refractivity (Wildman–Crippen MR) is 76.2 cm³/mol. The Labute approximate surface area is 119 Å². The largest absolute Gasteiger partial charge is 0.493 e. The van der Waals surface area contributed by atoms with Crippen molar-refractivity contribution in [2.75, 3.05) is 21.3 Å². The van der Waals surface area contributed by atoms with Gasteiger partial charge < -0.3 is 25.3 Å². The van der Waals surface area contributed by atoms with Crippen LogP contribution in [0.3, 0.4) is 0 Å². The fourth-order valence-electron chi connectivity index (χ4n) is 1.96. The van der Waals surface area contributed by atoms with Crippen LogP contribution in [0.1, 0.15) is 18.9 Å². The van der Waals surface area contributed by atoms with Crippen LogP contribution in [-0.2, 0) is 11.3 Å². The molecule has 0 aromatic heterocycles. The maximum absolute atomic E-state index is 10.8. The van der Waals surface area contributed by atoms with Gasteiger partial charge >= 0.3 is 0 Å². The fraction of sp³-hybridized carbons (Fsp3) is 0.500. The summed E-state index contributed by atoms with van der Waals surface area (Å²) < 4.78 is 15.9. The molecule has 1 aromatic rings. The summed E-state index contributed by atoms with van der Waals surface area (Å²) in [6.07, 6.45) is 0.287. The van der Waals surface area contributed by atoms with Gasteiger partial charge in [-0.15, -0.1) is 0 Å². The quantitative estimate of drug-likeness (QED) is 0.745. The van der Waals surface area contributed by atoms with Gasteiger partial charge in [-0.25, -0.2) is 0 Å². The number of nitrogens with two attached hydrogens (primary N) is 1. The molecule has 112 valence electrons. The second-order valence-electron chi connectivity index (χ2n) is 4.45. The molecule has 20 heavy (non-hydrogen) atoms. The van der Waals surface area contributed by atoms with Crippen LogP contribution in [0.4, 0.5) is 0 Å². The molecular weight excluding hydrogens is 260 g/mol. The van der Waals surface area contributed by atoms with Crippen molar-refractivity contribution in [1.82, 2.24) is 5.32 Å². The van der Waals surface area contributed by atoms with Crippen LogP contribution < -0.4 is 25.3 Å². The minimum absolute atomic E-state index is 0.00898. The Hall–Kier alpha value is -1.95. The number of carbonyl (C=O) groups excluding carboxylic acids is 1. The van der Waals surface area contributed by atoms with Gasteiger partial charge in [-0.2, -0.15) is 0 Å². The van der Waals surface area contributed by atoms with Gasteiger partial charge in [0, 0.05) is 24.6 Å². The number of hydrogen-bond acceptors (Lipinski definition) is 5. The summed E-state index contributed by atoms with van der Waals surface area (Å²) in [4.78, 5) is 10.8. The Morgan fingerprint density at radius 3 is 2.35 bits per heavy atom. The molecule has 0 heterocycles. The van der Waals surface area contributed by atoms with Gasteiger partial charge in [0.05, 0.1) is 21.3 Å². The van der Waals surface area contributed by atoms with Gasteiger partial charge in [0.1, 0.15) is 0 Å². The Balaban J connectivity index is 2.87. The molecule has 0 fully saturated rings. The fourth-order valence-corrected chi connectivity index (χ4v) is 1.96. The molecule has 0 aliphatic rings. The Morgan fingerprint density at radius 2 is 1.85 bits per heavy atom. The van der Waals surface area contributed by atoms with Crippen molar-refractivity contribution in [3.63, 3.8) is 0 Å². The van der Waals surface area contributed by atoms with Gasteiger partial charge in [0.25, 0.3) is 0 Å². The second kappa shape index (κ2) is 7.59. The van der Waals surface area contributed by atoms with Crippen molar-refractivity contribution in [3.05, 3.63) is 17.7 Å². The standard InChI is InChI=1S/C14H22N2O4/c1-9(7-12(15)17)16-8-10-5-6-11(18-2)14(20-4)13(10)19-3/h5-6,9,16H,7-8H2,1-4H3,(H2,15,17). The zero-order valence-corrected chi connectivity index (χ0v) is 12.4. The van der Waals surface area contributed by atoms with Crippen LogP contribution >= 0.6 is 0 Å². The van der Waals surface area contributed by atoms with Gasteiger partial charge in [-0.05, 0) is 13.0 Å². The van der Waals surface area contributed by atoms with E-state index in [-0.39, 0.29) is 18.4 Å². The van der Waals surface area contributed by atoms with E-state index >= 15 is 0 Å². The highest BCUT2D eigenvalue weighted by Gasteiger charge is 2.16. The zero-order valence-electron chi connectivity index (χ0n) is 12.4. The first-order chi connectivity index (χ1) is 9.53. The number of benzene rings is 1. The van der Waals surface area contributed by atoms with E-state index in [9.17, 15) is 4.79 Å². The van der Waals surface area contributed by atoms with Crippen molar-refractivity contribution in [1.29, 1.82) is 0 Å². The van der Waals surface area contributed by atoms with E-state index in [1.807, 2.05) is 19.1 Å². The summed E-state index contributed by atoms with van der Waals surface area (Å²) in [6.45, 7) is 2.44. The lowest BCUT2D eigenvalue weighted by Crippen LogP contribution is -2.30. The van der Waals surface area contributed by atoms with Crippen LogP contribution in [0.5, 0.6) is 17.2 Å². The number of methoxy groups -OCH3 is 3. The molecule has 0 saturated carbocycles. The molecule has 3 N–H and O–H groups in total. The third-order valence-corrected chi connectivity index (χ3v) is 2.93. The van der Waals surface area contributed by atoms with E-state index in [0.29, 0.717) is 23.8 Å². The van der Waals surface area contributed by atoms with Crippen molar-refractivity contribution >= 4 is 5.91 Å². The van der Waals surface area contributed by atoms with Crippen LogP contribution in [0, 0.1) is 0 Å². The molecule has 1 aromatic carbocycles. The molecular formula is C14H22N2O4. The molecule has 0 spiro atoms. The monoisotopic (exact) mass is 282 g/mol. The molecule has 0 saturated heterocycles. The van der Waals surface area contributed by atoms with Crippen molar-refractivity contribution in [2.45, 2.75) is 25.9 Å². The molecule has 1 unspecified atom stereocenters. The van der Waals surface area contributed by atoms with E-state index in [1.165, 1.54) is 0 Å². The van der Waals surface area contributed by atoms with Crippen LogP contribution in [0.25, 0.3) is 0 Å². The van der Waals surface area contributed by atoms with Crippen molar-refractivity contribution in [2.24, 2.45) is 5.73 Å². The number of hydrogen-bond donors (Lipinski definition) is 2. The van der Waals surface area contributed by atoms with Crippen LogP contribution in [0.2, 0.25) is 0 Å². The number of nitrogens with one attached hydrogen (secondary N) is 1. The van der Waals surface area contributed by atoms with E-state index in [4.69, 9.17) is 19.9 Å². The number of amides is 1. The summed E-state index contributed by atoms with van der Waals surface area (Å²) in [5, 5.41) is 3.22. The predicted octanol–water partition coefficient (Wildman–Crippen LogP) is 1.07. The molecule has 1 atom stereocenters. The third kappa shape index (κ3) is 4.03. The lowest BCUT2D eigenvalue weighted by atomic mass is 10.1. The van der Waals surface area contributed by atoms with Gasteiger partial charge in [-0.3, -0.25) is 4.79 Å². The van der Waals surface area contributed by atoms with Crippen LogP contribution in [0.15, 0.2) is 12.1 Å². The Kier molecular flexibility index (Phi) is 6.11. The SMILES string of the molecule is COc1ccc(CNC(C)CC(N)=O)c(OC)c1OC. The summed E-state index contributed by atoms with van der Waals surface area (Å²) in [5.41, 5.74) is 6.08. The number of carbonyl (C=O) groups is 1. The molecule has 0 aliphatic heterocycles. The average Bonchev–Trinajstić information content (AvgIpc) is 2.42. The third-order valence-electron chi connectivity index (χ3n) is 2.93. The smallest absolute Gasteiger partial charge is 0.218 e. The molecule has 6 heteroatoms. The molecule has 6 nitrogen and oxygen atoms in total.